The van der Waals surface area contributed by atoms with Crippen LogP contribution < -0.4 is 0 Å². The van der Waals surface area contributed by atoms with E-state index >= 15 is 0 Å². The Morgan fingerprint density at radius 3 is 3.06 bits per heavy atom. The van der Waals surface area contributed by atoms with Crippen molar-refractivity contribution in [3.05, 3.63) is 23.0 Å². The second-order valence-electron chi connectivity index (χ2n) is 4.31. The number of hydrogen-bond donors (Lipinski definition) is 1. The SMILES string of the molecule is CCn1cc(Cl)cc1C(=O)N1CCC[C@H]1CO. The molecule has 2 rings (SSSR count). The summed E-state index contributed by atoms with van der Waals surface area (Å²) in [6.07, 6.45) is 3.60. The highest BCUT2D eigenvalue weighted by molar-refractivity contribution is 6.31. The van der Waals surface area contributed by atoms with Crippen molar-refractivity contribution in [2.75, 3.05) is 13.2 Å². The molecule has 5 heteroatoms. The van der Waals surface area contributed by atoms with Crippen LogP contribution in [0.15, 0.2) is 12.3 Å². The van der Waals surface area contributed by atoms with E-state index in [0.29, 0.717) is 17.3 Å². The molecule has 0 aliphatic carbocycles. The van der Waals surface area contributed by atoms with Gasteiger partial charge in [-0.25, -0.2) is 0 Å². The summed E-state index contributed by atoms with van der Waals surface area (Å²) in [6.45, 7) is 3.44. The summed E-state index contributed by atoms with van der Waals surface area (Å²) in [5.41, 5.74) is 0.609. The number of hydrogen-bond acceptors (Lipinski definition) is 2. The van der Waals surface area contributed by atoms with Crippen molar-refractivity contribution in [2.45, 2.75) is 32.4 Å². The van der Waals surface area contributed by atoms with Crippen molar-refractivity contribution in [3.8, 4) is 0 Å². The summed E-state index contributed by atoms with van der Waals surface area (Å²) in [5, 5.41) is 9.82. The predicted octanol–water partition coefficient (Wildman–Crippen LogP) is 1.76. The zero-order chi connectivity index (χ0) is 12.4. The minimum Gasteiger partial charge on any atom is -0.394 e. The third-order valence-electron chi connectivity index (χ3n) is 3.27. The van der Waals surface area contributed by atoms with E-state index in [2.05, 4.69) is 0 Å². The van der Waals surface area contributed by atoms with Gasteiger partial charge in [0.15, 0.2) is 0 Å². The average molecular weight is 257 g/mol. The molecule has 0 aromatic carbocycles. The quantitative estimate of drug-likeness (QED) is 0.896. The summed E-state index contributed by atoms with van der Waals surface area (Å²) >= 11 is 5.92. The molecule has 2 heterocycles. The maximum atomic E-state index is 12.3. The second-order valence-corrected chi connectivity index (χ2v) is 4.74. The maximum absolute atomic E-state index is 12.3. The summed E-state index contributed by atoms with van der Waals surface area (Å²) in [7, 11) is 0. The van der Waals surface area contributed by atoms with E-state index in [1.165, 1.54) is 0 Å². The lowest BCUT2D eigenvalue weighted by Crippen LogP contribution is -2.38. The number of halogens is 1. The minimum atomic E-state index is -0.0403. The fraction of sp³-hybridized carbons (Fsp3) is 0.583. The Kier molecular flexibility index (Phi) is 3.74. The van der Waals surface area contributed by atoms with Crippen LogP contribution in [-0.2, 0) is 6.54 Å². The maximum Gasteiger partial charge on any atom is 0.270 e. The zero-order valence-electron chi connectivity index (χ0n) is 9.90. The molecule has 0 spiro atoms. The second kappa shape index (κ2) is 5.10. The Morgan fingerprint density at radius 1 is 1.65 bits per heavy atom. The van der Waals surface area contributed by atoms with Gasteiger partial charge in [0.05, 0.1) is 17.7 Å². The van der Waals surface area contributed by atoms with Crippen LogP contribution in [0.5, 0.6) is 0 Å². The molecule has 0 bridgehead atoms. The largest absolute Gasteiger partial charge is 0.394 e. The number of rotatable bonds is 3. The van der Waals surface area contributed by atoms with Gasteiger partial charge in [-0.1, -0.05) is 11.6 Å². The molecule has 1 atom stereocenters. The average Bonchev–Trinajstić information content (AvgIpc) is 2.93. The van der Waals surface area contributed by atoms with Crippen LogP contribution in [0.25, 0.3) is 0 Å². The third kappa shape index (κ3) is 2.33. The van der Waals surface area contributed by atoms with Crippen molar-refractivity contribution in [2.24, 2.45) is 0 Å². The van der Waals surface area contributed by atoms with Gasteiger partial charge >= 0.3 is 0 Å². The number of carbonyl (C=O) groups is 1. The third-order valence-corrected chi connectivity index (χ3v) is 3.48. The molecule has 1 saturated heterocycles. The van der Waals surface area contributed by atoms with Gasteiger partial charge in [0.25, 0.3) is 5.91 Å². The van der Waals surface area contributed by atoms with Gasteiger partial charge in [-0.2, -0.15) is 0 Å². The molecule has 0 radical (unpaired) electrons. The molecular weight excluding hydrogens is 240 g/mol. The van der Waals surface area contributed by atoms with Crippen LogP contribution >= 0.6 is 11.6 Å². The smallest absolute Gasteiger partial charge is 0.270 e. The van der Waals surface area contributed by atoms with Crippen LogP contribution in [0.1, 0.15) is 30.3 Å². The topological polar surface area (TPSA) is 45.5 Å². The van der Waals surface area contributed by atoms with E-state index in [1.54, 1.807) is 17.2 Å². The minimum absolute atomic E-state index is 0.0321. The van der Waals surface area contributed by atoms with Crippen LogP contribution in [0, 0.1) is 0 Å². The number of aliphatic hydroxyl groups is 1. The summed E-state index contributed by atoms with van der Waals surface area (Å²) in [5.74, 6) is -0.0321. The van der Waals surface area contributed by atoms with Crippen LogP contribution in [0.3, 0.4) is 0 Å². The number of aryl methyl sites for hydroxylation is 1. The first-order valence-corrected chi connectivity index (χ1v) is 6.32. The van der Waals surface area contributed by atoms with Crippen molar-refractivity contribution >= 4 is 17.5 Å². The Bertz CT molecular complexity index is 417. The molecule has 1 aliphatic heterocycles. The van der Waals surface area contributed by atoms with Gasteiger partial charge in [-0.3, -0.25) is 4.79 Å². The van der Waals surface area contributed by atoms with Gasteiger partial charge in [0, 0.05) is 19.3 Å². The molecule has 1 aliphatic rings. The van der Waals surface area contributed by atoms with Gasteiger partial charge in [-0.05, 0) is 25.8 Å². The number of nitrogens with zero attached hydrogens (tertiary/aromatic N) is 2. The van der Waals surface area contributed by atoms with Crippen molar-refractivity contribution in [1.29, 1.82) is 0 Å². The first-order chi connectivity index (χ1) is 8.17. The first-order valence-electron chi connectivity index (χ1n) is 5.95. The van der Waals surface area contributed by atoms with Gasteiger partial charge in [-0.15, -0.1) is 0 Å². The summed E-state index contributed by atoms with van der Waals surface area (Å²) < 4.78 is 1.84. The Hall–Kier alpha value is -1.00. The molecule has 17 heavy (non-hydrogen) atoms. The van der Waals surface area contributed by atoms with Gasteiger partial charge < -0.3 is 14.6 Å². The van der Waals surface area contributed by atoms with E-state index in [1.807, 2.05) is 11.5 Å². The molecule has 1 amide bonds. The van der Waals surface area contributed by atoms with E-state index in [-0.39, 0.29) is 18.6 Å². The van der Waals surface area contributed by atoms with E-state index in [4.69, 9.17) is 11.6 Å². The van der Waals surface area contributed by atoms with Gasteiger partial charge in [0.2, 0.25) is 0 Å². The van der Waals surface area contributed by atoms with Crippen molar-refractivity contribution in [3.63, 3.8) is 0 Å². The molecule has 94 valence electrons. The lowest BCUT2D eigenvalue weighted by atomic mass is 10.2. The number of aliphatic hydroxyl groups excluding tert-OH is 1. The van der Waals surface area contributed by atoms with Crippen molar-refractivity contribution in [1.82, 2.24) is 9.47 Å². The predicted molar refractivity (Wildman–Crippen MR) is 66.3 cm³/mol. The normalized spacial score (nSPS) is 19.9. The number of likely N-dealkylation sites (tertiary alicyclic amines) is 1. The highest BCUT2D eigenvalue weighted by Crippen LogP contribution is 2.22. The monoisotopic (exact) mass is 256 g/mol. The molecule has 1 N–H and O–H groups in total. The zero-order valence-corrected chi connectivity index (χ0v) is 10.7. The lowest BCUT2D eigenvalue weighted by Gasteiger charge is -2.23. The fourth-order valence-corrected chi connectivity index (χ4v) is 2.58. The molecule has 1 aromatic heterocycles. The highest BCUT2D eigenvalue weighted by atomic mass is 35.5. The molecule has 0 saturated carbocycles. The standard InChI is InChI=1S/C12H17ClN2O2/c1-2-14-7-9(13)6-11(14)12(17)15-5-3-4-10(15)8-16/h6-7,10,16H,2-5,8H2,1H3/t10-/m0/s1. The van der Waals surface area contributed by atoms with Crippen LogP contribution in [0.2, 0.25) is 5.02 Å². The number of carbonyl (C=O) groups excluding carboxylic acids is 1. The Labute approximate surface area is 106 Å². The van der Waals surface area contributed by atoms with Gasteiger partial charge in [0.1, 0.15) is 5.69 Å². The van der Waals surface area contributed by atoms with E-state index in [9.17, 15) is 9.90 Å². The lowest BCUT2D eigenvalue weighted by molar-refractivity contribution is 0.0667. The van der Waals surface area contributed by atoms with Crippen LogP contribution in [0.4, 0.5) is 0 Å². The number of amides is 1. The Balaban J connectivity index is 2.24. The molecule has 0 unspecified atom stereocenters. The summed E-state index contributed by atoms with van der Waals surface area (Å²) in [4.78, 5) is 14.1. The molecule has 1 aromatic rings. The molecular formula is C12H17ClN2O2. The van der Waals surface area contributed by atoms with Crippen molar-refractivity contribution < 1.29 is 9.90 Å². The summed E-state index contributed by atoms with van der Waals surface area (Å²) in [6, 6.07) is 1.65. The Morgan fingerprint density at radius 2 is 2.41 bits per heavy atom. The molecule has 1 fully saturated rings. The molecule has 4 nitrogen and oxygen atoms in total. The highest BCUT2D eigenvalue weighted by Gasteiger charge is 2.30. The fourth-order valence-electron chi connectivity index (χ4n) is 2.36. The number of aromatic nitrogens is 1. The van der Waals surface area contributed by atoms with Crippen LogP contribution in [-0.4, -0.2) is 39.7 Å². The first kappa shape index (κ1) is 12.5. The van der Waals surface area contributed by atoms with E-state index < -0.39 is 0 Å². The van der Waals surface area contributed by atoms with E-state index in [0.717, 1.165) is 19.4 Å².